The van der Waals surface area contributed by atoms with Gasteiger partial charge in [-0.25, -0.2) is 4.99 Å². The lowest BCUT2D eigenvalue weighted by Gasteiger charge is -2.12. The zero-order valence-electron chi connectivity index (χ0n) is 16.2. The first-order chi connectivity index (χ1) is 13.7. The molecule has 0 amide bonds. The molecule has 0 aliphatic rings. The van der Waals surface area contributed by atoms with Gasteiger partial charge < -0.3 is 19.6 Å². The van der Waals surface area contributed by atoms with Crippen LogP contribution in [0, 0.1) is 0 Å². The molecule has 7 nitrogen and oxygen atoms in total. The fourth-order valence-corrected chi connectivity index (χ4v) is 3.03. The van der Waals surface area contributed by atoms with Gasteiger partial charge in [0.25, 0.3) is 0 Å². The normalized spacial score (nSPS) is 11.6. The van der Waals surface area contributed by atoms with Crippen molar-refractivity contribution in [3.63, 3.8) is 0 Å². The Morgan fingerprint density at radius 3 is 2.71 bits per heavy atom. The van der Waals surface area contributed by atoms with Crippen LogP contribution in [0.1, 0.15) is 25.4 Å². The van der Waals surface area contributed by atoms with Crippen LogP contribution in [-0.4, -0.2) is 33.8 Å². The van der Waals surface area contributed by atoms with E-state index in [0.717, 1.165) is 59.4 Å². The monoisotopic (exact) mass is 444 g/mol. The van der Waals surface area contributed by atoms with Crippen molar-refractivity contribution in [3.05, 3.63) is 58.8 Å². The van der Waals surface area contributed by atoms with Gasteiger partial charge in [0.2, 0.25) is 0 Å². The summed E-state index contributed by atoms with van der Waals surface area (Å²) in [6, 6.07) is 12.0. The molecule has 2 aromatic heterocycles. The SMILES string of the molecule is CCNC(=NCc1ccc(-c2ccc(Br)cc2)o1)NCCn1cnnc1CC. The Labute approximate surface area is 173 Å². The molecule has 2 heterocycles. The molecule has 0 fully saturated rings. The molecule has 148 valence electrons. The highest BCUT2D eigenvalue weighted by molar-refractivity contribution is 9.10. The van der Waals surface area contributed by atoms with E-state index >= 15 is 0 Å². The van der Waals surface area contributed by atoms with Gasteiger partial charge in [0.15, 0.2) is 5.96 Å². The molecule has 0 aliphatic carbocycles. The van der Waals surface area contributed by atoms with E-state index in [1.807, 2.05) is 47.9 Å². The molecule has 3 aromatic rings. The molecule has 28 heavy (non-hydrogen) atoms. The smallest absolute Gasteiger partial charge is 0.191 e. The zero-order valence-corrected chi connectivity index (χ0v) is 17.7. The summed E-state index contributed by atoms with van der Waals surface area (Å²) in [5, 5.41) is 14.7. The number of hydrogen-bond donors (Lipinski definition) is 2. The van der Waals surface area contributed by atoms with E-state index in [0.29, 0.717) is 6.54 Å². The quantitative estimate of drug-likeness (QED) is 0.409. The summed E-state index contributed by atoms with van der Waals surface area (Å²) in [5.74, 6) is 3.41. The molecular weight excluding hydrogens is 420 g/mol. The lowest BCUT2D eigenvalue weighted by molar-refractivity contribution is 0.524. The Morgan fingerprint density at radius 1 is 1.14 bits per heavy atom. The van der Waals surface area contributed by atoms with Crippen LogP contribution in [-0.2, 0) is 19.5 Å². The van der Waals surface area contributed by atoms with E-state index in [9.17, 15) is 0 Å². The van der Waals surface area contributed by atoms with Crippen LogP contribution in [0.5, 0.6) is 0 Å². The highest BCUT2D eigenvalue weighted by Crippen LogP contribution is 2.24. The Balaban J connectivity index is 1.57. The van der Waals surface area contributed by atoms with E-state index < -0.39 is 0 Å². The van der Waals surface area contributed by atoms with Crippen molar-refractivity contribution < 1.29 is 4.42 Å². The van der Waals surface area contributed by atoms with Crippen LogP contribution < -0.4 is 10.6 Å². The molecule has 8 heteroatoms. The Morgan fingerprint density at radius 2 is 1.96 bits per heavy atom. The van der Waals surface area contributed by atoms with Gasteiger partial charge >= 0.3 is 0 Å². The van der Waals surface area contributed by atoms with E-state index in [1.54, 1.807) is 6.33 Å². The topological polar surface area (TPSA) is 80.3 Å². The van der Waals surface area contributed by atoms with Crippen molar-refractivity contribution in [2.24, 2.45) is 4.99 Å². The maximum absolute atomic E-state index is 5.93. The number of guanidine groups is 1. The largest absolute Gasteiger partial charge is 0.459 e. The summed E-state index contributed by atoms with van der Waals surface area (Å²) >= 11 is 3.45. The van der Waals surface area contributed by atoms with Crippen LogP contribution in [0.25, 0.3) is 11.3 Å². The zero-order chi connectivity index (χ0) is 19.8. The average molecular weight is 445 g/mol. The van der Waals surface area contributed by atoms with Crippen molar-refractivity contribution in [3.8, 4) is 11.3 Å². The van der Waals surface area contributed by atoms with Gasteiger partial charge in [0, 0.05) is 36.1 Å². The maximum Gasteiger partial charge on any atom is 0.191 e. The third-order valence-corrected chi connectivity index (χ3v) is 4.71. The van der Waals surface area contributed by atoms with Gasteiger partial charge in [0.1, 0.15) is 30.2 Å². The van der Waals surface area contributed by atoms with Crippen molar-refractivity contribution in [2.45, 2.75) is 33.4 Å². The van der Waals surface area contributed by atoms with Crippen LogP contribution in [0.15, 0.2) is 56.6 Å². The number of aromatic nitrogens is 3. The number of benzene rings is 1. The summed E-state index contributed by atoms with van der Waals surface area (Å²) in [4.78, 5) is 4.62. The number of nitrogens with zero attached hydrogens (tertiary/aromatic N) is 4. The molecule has 0 spiro atoms. The second-order valence-corrected chi connectivity index (χ2v) is 7.10. The fourth-order valence-electron chi connectivity index (χ4n) is 2.77. The third kappa shape index (κ3) is 5.45. The van der Waals surface area contributed by atoms with Crippen LogP contribution in [0.3, 0.4) is 0 Å². The van der Waals surface area contributed by atoms with E-state index in [2.05, 4.69) is 48.7 Å². The van der Waals surface area contributed by atoms with Crippen molar-refractivity contribution in [1.82, 2.24) is 25.4 Å². The molecule has 3 rings (SSSR count). The van der Waals surface area contributed by atoms with Gasteiger partial charge in [-0.15, -0.1) is 10.2 Å². The second kappa shape index (κ2) is 10.1. The van der Waals surface area contributed by atoms with Crippen molar-refractivity contribution >= 4 is 21.9 Å². The number of hydrogen-bond acceptors (Lipinski definition) is 4. The molecular formula is C20H25BrN6O. The molecule has 1 aromatic carbocycles. The first-order valence-electron chi connectivity index (χ1n) is 9.43. The van der Waals surface area contributed by atoms with Gasteiger partial charge in [-0.05, 0) is 31.2 Å². The number of rotatable bonds is 8. The highest BCUT2D eigenvalue weighted by Gasteiger charge is 2.06. The van der Waals surface area contributed by atoms with Gasteiger partial charge in [-0.1, -0.05) is 35.0 Å². The number of furan rings is 1. The van der Waals surface area contributed by atoms with Crippen LogP contribution in [0.4, 0.5) is 0 Å². The molecule has 0 aliphatic heterocycles. The maximum atomic E-state index is 5.93. The summed E-state index contributed by atoms with van der Waals surface area (Å²) in [5.41, 5.74) is 1.05. The minimum Gasteiger partial charge on any atom is -0.459 e. The molecule has 0 bridgehead atoms. The van der Waals surface area contributed by atoms with Crippen LogP contribution in [0.2, 0.25) is 0 Å². The molecule has 0 saturated carbocycles. The van der Waals surface area contributed by atoms with Gasteiger partial charge in [-0.3, -0.25) is 0 Å². The Bertz CT molecular complexity index is 900. The fraction of sp³-hybridized carbons (Fsp3) is 0.350. The second-order valence-electron chi connectivity index (χ2n) is 6.19. The van der Waals surface area contributed by atoms with E-state index in [-0.39, 0.29) is 0 Å². The first kappa shape index (κ1) is 20.1. The molecule has 0 atom stereocenters. The summed E-state index contributed by atoms with van der Waals surface area (Å²) in [6.45, 7) is 6.91. The standard InChI is InChI=1S/C20H25BrN6O/c1-3-19-26-25-14-27(19)12-11-23-20(22-4-2)24-13-17-9-10-18(28-17)15-5-7-16(21)8-6-15/h5-10,14H,3-4,11-13H2,1-2H3,(H2,22,23,24). The van der Waals surface area contributed by atoms with Crippen molar-refractivity contribution in [1.29, 1.82) is 0 Å². The summed E-state index contributed by atoms with van der Waals surface area (Å²) in [6.07, 6.45) is 2.63. The van der Waals surface area contributed by atoms with Gasteiger partial charge in [-0.2, -0.15) is 0 Å². The summed E-state index contributed by atoms with van der Waals surface area (Å²) < 4.78 is 9.03. The summed E-state index contributed by atoms with van der Waals surface area (Å²) in [7, 11) is 0. The highest BCUT2D eigenvalue weighted by atomic mass is 79.9. The molecule has 2 N–H and O–H groups in total. The average Bonchev–Trinajstić information content (AvgIpc) is 3.36. The number of aryl methyl sites for hydroxylation is 1. The third-order valence-electron chi connectivity index (χ3n) is 4.18. The van der Waals surface area contributed by atoms with Crippen LogP contribution >= 0.6 is 15.9 Å². The molecule has 0 unspecified atom stereocenters. The van der Waals surface area contributed by atoms with E-state index in [4.69, 9.17) is 4.42 Å². The molecule has 0 radical (unpaired) electrons. The minimum atomic E-state index is 0.471. The predicted octanol–water partition coefficient (Wildman–Crippen LogP) is 3.62. The van der Waals surface area contributed by atoms with Gasteiger partial charge in [0.05, 0.1) is 0 Å². The number of nitrogens with one attached hydrogen (secondary N) is 2. The number of aliphatic imine (C=N–C) groups is 1. The molecule has 0 saturated heterocycles. The minimum absolute atomic E-state index is 0.471. The Kier molecular flexibility index (Phi) is 7.25. The van der Waals surface area contributed by atoms with Crippen molar-refractivity contribution in [2.75, 3.05) is 13.1 Å². The lowest BCUT2D eigenvalue weighted by Crippen LogP contribution is -2.38. The Hall–Kier alpha value is -2.61. The lowest BCUT2D eigenvalue weighted by atomic mass is 10.2. The number of halogens is 1. The predicted molar refractivity (Wildman–Crippen MR) is 114 cm³/mol. The first-order valence-corrected chi connectivity index (χ1v) is 10.2. The van der Waals surface area contributed by atoms with E-state index in [1.165, 1.54) is 0 Å².